The summed E-state index contributed by atoms with van der Waals surface area (Å²) in [5.41, 5.74) is 0. The van der Waals surface area contributed by atoms with E-state index in [0.717, 1.165) is 0 Å². The van der Waals surface area contributed by atoms with Crippen molar-refractivity contribution in [3.8, 4) is 0 Å². The van der Waals surface area contributed by atoms with E-state index in [1.54, 1.807) is 0 Å². The van der Waals surface area contributed by atoms with Crippen molar-refractivity contribution in [3.05, 3.63) is 0 Å². The number of hydrogen-bond acceptors (Lipinski definition) is 9. The molecule has 0 aliphatic carbocycles. The Kier molecular flexibility index (Phi) is 20.0. The fourth-order valence-corrected chi connectivity index (χ4v) is 1.98. The minimum absolute atomic E-state index is 0.611. The van der Waals surface area contributed by atoms with Crippen molar-refractivity contribution < 1.29 is 42.6 Å². The molecule has 0 aromatic carbocycles. The highest BCUT2D eigenvalue weighted by Crippen LogP contribution is 1.87. The average Bonchev–Trinajstić information content (AvgIpc) is 2.68. The Morgan fingerprint density at radius 1 is 0.148 bits per heavy atom. The van der Waals surface area contributed by atoms with Gasteiger partial charge in [-0.3, -0.25) is 0 Å². The van der Waals surface area contributed by atoms with Crippen LogP contribution >= 0.6 is 0 Å². The summed E-state index contributed by atoms with van der Waals surface area (Å²) in [4.78, 5) is 0. The molecule has 0 spiro atoms. The van der Waals surface area contributed by atoms with Crippen LogP contribution < -0.4 is 0 Å². The Labute approximate surface area is 162 Å². The average molecular weight is 396 g/mol. The number of ether oxygens (including phenoxy) is 9. The molecule has 2 aliphatic heterocycles. The van der Waals surface area contributed by atoms with Crippen LogP contribution in [0.3, 0.4) is 0 Å². The molecule has 2 rings (SSSR count). The molecule has 2 saturated heterocycles. The maximum absolute atomic E-state index is 5.28. The maximum atomic E-state index is 5.28. The zero-order valence-corrected chi connectivity index (χ0v) is 16.4. The van der Waals surface area contributed by atoms with Crippen molar-refractivity contribution in [2.24, 2.45) is 0 Å². The molecule has 162 valence electrons. The lowest BCUT2D eigenvalue weighted by atomic mass is 10.6. The van der Waals surface area contributed by atoms with Crippen LogP contribution in [0.1, 0.15) is 0 Å². The lowest BCUT2D eigenvalue weighted by Crippen LogP contribution is -2.16. The van der Waals surface area contributed by atoms with E-state index in [1.807, 2.05) is 0 Å². The molecule has 0 N–H and O–H groups in total. The van der Waals surface area contributed by atoms with Gasteiger partial charge >= 0.3 is 0 Å². The largest absolute Gasteiger partial charge is 0.377 e. The molecule has 0 amide bonds. The van der Waals surface area contributed by atoms with E-state index >= 15 is 0 Å². The maximum Gasteiger partial charge on any atom is 0.0701 e. The van der Waals surface area contributed by atoms with Gasteiger partial charge in [-0.1, -0.05) is 0 Å². The Bertz CT molecular complexity index is 180. The highest BCUT2D eigenvalue weighted by molar-refractivity contribution is 4.39. The molecule has 0 unspecified atom stereocenters. The molecule has 27 heavy (non-hydrogen) atoms. The Balaban J connectivity index is 0.000000277. The smallest absolute Gasteiger partial charge is 0.0701 e. The topological polar surface area (TPSA) is 83.1 Å². The van der Waals surface area contributed by atoms with Gasteiger partial charge < -0.3 is 42.6 Å². The molecule has 0 saturated carbocycles. The molecule has 0 aromatic rings. The molecule has 2 aliphatic rings. The third-order valence-corrected chi connectivity index (χ3v) is 3.35. The van der Waals surface area contributed by atoms with Crippen molar-refractivity contribution in [2.75, 3.05) is 119 Å². The molecule has 0 bridgehead atoms. The second-order valence-electron chi connectivity index (χ2n) is 5.51. The fourth-order valence-electron chi connectivity index (χ4n) is 1.98. The fraction of sp³-hybridized carbons (Fsp3) is 1.00. The van der Waals surface area contributed by atoms with E-state index in [0.29, 0.717) is 119 Å². The van der Waals surface area contributed by atoms with Crippen LogP contribution in [0.25, 0.3) is 0 Å². The second kappa shape index (κ2) is 21.9. The van der Waals surface area contributed by atoms with Crippen LogP contribution in [0.2, 0.25) is 0 Å². The lowest BCUT2D eigenvalue weighted by Gasteiger charge is -2.09. The monoisotopic (exact) mass is 396 g/mol. The third kappa shape index (κ3) is 20.2. The first-order chi connectivity index (χ1) is 13.5. The summed E-state index contributed by atoms with van der Waals surface area (Å²) in [5, 5.41) is 0. The quantitative estimate of drug-likeness (QED) is 0.568. The minimum Gasteiger partial charge on any atom is -0.377 e. The van der Waals surface area contributed by atoms with Gasteiger partial charge in [0, 0.05) is 0 Å². The third-order valence-electron chi connectivity index (χ3n) is 3.35. The Morgan fingerprint density at radius 3 is 0.296 bits per heavy atom. The van der Waals surface area contributed by atoms with Crippen molar-refractivity contribution >= 4 is 0 Å². The van der Waals surface area contributed by atoms with E-state index < -0.39 is 0 Å². The molecule has 0 aromatic heterocycles. The summed E-state index contributed by atoms with van der Waals surface area (Å²) < 4.78 is 47.3. The van der Waals surface area contributed by atoms with Gasteiger partial charge in [-0.15, -0.1) is 0 Å². The summed E-state index contributed by atoms with van der Waals surface area (Å²) in [6.45, 7) is 11.2. The summed E-state index contributed by atoms with van der Waals surface area (Å²) in [7, 11) is 0. The van der Waals surface area contributed by atoms with Gasteiger partial charge in [-0.05, 0) is 0 Å². The van der Waals surface area contributed by atoms with Crippen molar-refractivity contribution in [3.63, 3.8) is 0 Å². The van der Waals surface area contributed by atoms with E-state index in [1.165, 1.54) is 0 Å². The summed E-state index contributed by atoms with van der Waals surface area (Å²) in [6.07, 6.45) is 0. The number of rotatable bonds is 0. The van der Waals surface area contributed by atoms with Gasteiger partial charge in [0.2, 0.25) is 0 Å². The van der Waals surface area contributed by atoms with Crippen LogP contribution in [0.4, 0.5) is 0 Å². The SMILES string of the molecule is C1COCCOCCOCCO1.C1COCCOCCOCCOCCO1. The Hall–Kier alpha value is -0.360. The first-order valence-corrected chi connectivity index (χ1v) is 9.70. The van der Waals surface area contributed by atoms with Gasteiger partial charge in [0.15, 0.2) is 0 Å². The van der Waals surface area contributed by atoms with Crippen LogP contribution in [-0.2, 0) is 42.6 Å². The van der Waals surface area contributed by atoms with E-state index in [2.05, 4.69) is 0 Å². The van der Waals surface area contributed by atoms with Gasteiger partial charge in [0.1, 0.15) is 0 Å². The zero-order valence-electron chi connectivity index (χ0n) is 16.4. The van der Waals surface area contributed by atoms with Gasteiger partial charge in [-0.2, -0.15) is 0 Å². The standard InChI is InChI=1S/C10H20O5.C8H16O4/c1-2-12-5-6-14-9-10-15-8-7-13-4-3-11-1;1-2-10-5-6-12-8-7-11-4-3-9-1/h1-10H2;1-8H2. The van der Waals surface area contributed by atoms with Crippen molar-refractivity contribution in [1.82, 2.24) is 0 Å². The first-order valence-electron chi connectivity index (χ1n) is 9.70. The predicted octanol–water partition coefficient (Wildman–Crippen LogP) is 0.149. The van der Waals surface area contributed by atoms with Crippen LogP contribution in [-0.4, -0.2) is 119 Å². The summed E-state index contributed by atoms with van der Waals surface area (Å²) in [6, 6.07) is 0. The first kappa shape index (κ1) is 24.7. The molecular weight excluding hydrogens is 360 g/mol. The van der Waals surface area contributed by atoms with E-state index in [9.17, 15) is 0 Å². The van der Waals surface area contributed by atoms with Crippen LogP contribution in [0.5, 0.6) is 0 Å². The molecule has 0 atom stereocenters. The summed E-state index contributed by atoms with van der Waals surface area (Å²) >= 11 is 0. The van der Waals surface area contributed by atoms with Crippen LogP contribution in [0, 0.1) is 0 Å². The van der Waals surface area contributed by atoms with Crippen molar-refractivity contribution in [1.29, 1.82) is 0 Å². The van der Waals surface area contributed by atoms with Gasteiger partial charge in [-0.25, -0.2) is 0 Å². The van der Waals surface area contributed by atoms with Crippen molar-refractivity contribution in [2.45, 2.75) is 0 Å². The highest BCUT2D eigenvalue weighted by atomic mass is 16.6. The molecule has 9 heteroatoms. The molecule has 0 radical (unpaired) electrons. The Morgan fingerprint density at radius 2 is 0.222 bits per heavy atom. The molecular formula is C18H36O9. The molecule has 2 heterocycles. The minimum atomic E-state index is 0.611. The van der Waals surface area contributed by atoms with Gasteiger partial charge in [0.05, 0.1) is 119 Å². The predicted molar refractivity (Wildman–Crippen MR) is 97.4 cm³/mol. The van der Waals surface area contributed by atoms with E-state index in [-0.39, 0.29) is 0 Å². The zero-order chi connectivity index (χ0) is 19.1. The van der Waals surface area contributed by atoms with E-state index in [4.69, 9.17) is 42.6 Å². The lowest BCUT2D eigenvalue weighted by molar-refractivity contribution is -0.0334. The normalized spacial score (nSPS) is 24.0. The molecule has 2 fully saturated rings. The van der Waals surface area contributed by atoms with Crippen LogP contribution in [0.15, 0.2) is 0 Å². The molecule has 9 nitrogen and oxygen atoms in total. The number of hydrogen-bond donors (Lipinski definition) is 0. The van der Waals surface area contributed by atoms with Gasteiger partial charge in [0.25, 0.3) is 0 Å². The summed E-state index contributed by atoms with van der Waals surface area (Å²) in [5.74, 6) is 0. The highest BCUT2D eigenvalue weighted by Gasteiger charge is 1.96. The second-order valence-corrected chi connectivity index (χ2v) is 5.51.